The minimum Gasteiger partial charge on any atom is -0.493 e. The fourth-order valence-electron chi connectivity index (χ4n) is 1.98. The second-order valence-corrected chi connectivity index (χ2v) is 6.51. The maximum Gasteiger partial charge on any atom is 0.122 e. The quantitative estimate of drug-likeness (QED) is 0.843. The Morgan fingerprint density at radius 3 is 2.86 bits per heavy atom. The van der Waals surface area contributed by atoms with Crippen LogP contribution in [0, 0.1) is 13.8 Å². The van der Waals surface area contributed by atoms with E-state index in [-0.39, 0.29) is 0 Å². The van der Waals surface area contributed by atoms with Gasteiger partial charge in [0.2, 0.25) is 0 Å². The van der Waals surface area contributed by atoms with Crippen molar-refractivity contribution in [1.29, 1.82) is 0 Å². The molecule has 0 radical (unpaired) electrons. The second-order valence-electron chi connectivity index (χ2n) is 5.56. The minimum absolute atomic E-state index is 0.489. The van der Waals surface area contributed by atoms with E-state index in [0.717, 1.165) is 29.4 Å². The highest BCUT2D eigenvalue weighted by molar-refractivity contribution is 7.09. The van der Waals surface area contributed by atoms with Crippen molar-refractivity contribution in [3.63, 3.8) is 0 Å². The number of benzene rings is 1. The van der Waals surface area contributed by atoms with Gasteiger partial charge in [-0.3, -0.25) is 0 Å². The number of nitrogens with zero attached hydrogens (tertiary/aromatic N) is 1. The molecule has 114 valence electrons. The lowest BCUT2D eigenvalue weighted by Gasteiger charge is -2.10. The summed E-state index contributed by atoms with van der Waals surface area (Å²) in [6.07, 6.45) is 0.861. The predicted molar refractivity (Wildman–Crippen MR) is 89.2 cm³/mol. The highest BCUT2D eigenvalue weighted by Crippen LogP contribution is 2.21. The van der Waals surface area contributed by atoms with E-state index in [4.69, 9.17) is 4.74 Å². The Hall–Kier alpha value is -1.39. The number of hydrogen-bond donors (Lipinski definition) is 1. The molecule has 0 aliphatic heterocycles. The van der Waals surface area contributed by atoms with Crippen molar-refractivity contribution in [2.75, 3.05) is 6.61 Å². The van der Waals surface area contributed by atoms with Crippen LogP contribution in [-0.2, 0) is 13.0 Å². The summed E-state index contributed by atoms with van der Waals surface area (Å²) in [6.45, 7) is 10.0. The molecular formula is C17H24N2OS. The molecule has 0 atom stereocenters. The second kappa shape index (κ2) is 7.57. The molecule has 1 aromatic carbocycles. The molecule has 3 nitrogen and oxygen atoms in total. The van der Waals surface area contributed by atoms with E-state index in [2.05, 4.69) is 49.4 Å². The number of aromatic nitrogens is 1. The molecular weight excluding hydrogens is 280 g/mol. The third-order valence-electron chi connectivity index (χ3n) is 3.42. The third-order valence-corrected chi connectivity index (χ3v) is 4.38. The number of thiazole rings is 1. The molecule has 0 spiro atoms. The van der Waals surface area contributed by atoms with Gasteiger partial charge >= 0.3 is 0 Å². The van der Waals surface area contributed by atoms with Gasteiger partial charge in [0, 0.05) is 24.4 Å². The van der Waals surface area contributed by atoms with Gasteiger partial charge in [-0.15, -0.1) is 11.3 Å². The number of nitrogens with one attached hydrogen (secondary N) is 1. The summed E-state index contributed by atoms with van der Waals surface area (Å²) in [4.78, 5) is 4.63. The molecule has 0 unspecified atom stereocenters. The van der Waals surface area contributed by atoms with E-state index in [1.165, 1.54) is 11.1 Å². The van der Waals surface area contributed by atoms with Crippen LogP contribution in [-0.4, -0.2) is 17.6 Å². The van der Waals surface area contributed by atoms with Gasteiger partial charge in [-0.25, -0.2) is 4.98 Å². The fraction of sp³-hybridized carbons (Fsp3) is 0.471. The molecule has 4 heteroatoms. The molecule has 0 aliphatic carbocycles. The Balaban J connectivity index is 1.82. The van der Waals surface area contributed by atoms with E-state index >= 15 is 0 Å². The van der Waals surface area contributed by atoms with Gasteiger partial charge in [-0.05, 0) is 31.0 Å². The zero-order valence-electron chi connectivity index (χ0n) is 13.3. The molecule has 21 heavy (non-hydrogen) atoms. The molecule has 0 fully saturated rings. The van der Waals surface area contributed by atoms with Crippen molar-refractivity contribution < 1.29 is 4.74 Å². The lowest BCUT2D eigenvalue weighted by atomic mass is 10.1. The summed E-state index contributed by atoms with van der Waals surface area (Å²) in [5.74, 6) is 0.980. The molecule has 0 amide bonds. The summed E-state index contributed by atoms with van der Waals surface area (Å²) < 4.78 is 5.88. The maximum atomic E-state index is 5.88. The first-order valence-electron chi connectivity index (χ1n) is 7.42. The zero-order chi connectivity index (χ0) is 15.2. The minimum atomic E-state index is 0.489. The van der Waals surface area contributed by atoms with Crippen molar-refractivity contribution in [3.8, 4) is 5.75 Å². The normalized spacial score (nSPS) is 11.1. The average molecular weight is 304 g/mol. The van der Waals surface area contributed by atoms with Crippen molar-refractivity contribution in [3.05, 3.63) is 45.4 Å². The molecule has 0 bridgehead atoms. The molecule has 2 aromatic rings. The first kappa shape index (κ1) is 16.0. The third kappa shape index (κ3) is 4.83. The molecule has 0 saturated heterocycles. The highest BCUT2D eigenvalue weighted by atomic mass is 32.1. The Morgan fingerprint density at radius 1 is 1.29 bits per heavy atom. The topological polar surface area (TPSA) is 34.1 Å². The van der Waals surface area contributed by atoms with Crippen LogP contribution >= 0.6 is 11.3 Å². The number of rotatable bonds is 7. The average Bonchev–Trinajstić information content (AvgIpc) is 2.89. The van der Waals surface area contributed by atoms with Gasteiger partial charge in [0.1, 0.15) is 5.75 Å². The number of ether oxygens (including phenoxy) is 1. The Bertz CT molecular complexity index is 578. The van der Waals surface area contributed by atoms with Crippen molar-refractivity contribution in [2.24, 2.45) is 0 Å². The molecule has 1 aromatic heterocycles. The molecule has 1 heterocycles. The van der Waals surface area contributed by atoms with Crippen molar-refractivity contribution >= 4 is 11.3 Å². The van der Waals surface area contributed by atoms with Crippen LogP contribution in [0.4, 0.5) is 0 Å². The van der Waals surface area contributed by atoms with Crippen molar-refractivity contribution in [2.45, 2.75) is 46.7 Å². The largest absolute Gasteiger partial charge is 0.493 e. The summed E-state index contributed by atoms with van der Waals surface area (Å²) >= 11 is 1.71. The van der Waals surface area contributed by atoms with Gasteiger partial charge in [0.25, 0.3) is 0 Å². The van der Waals surface area contributed by atoms with E-state index in [1.807, 2.05) is 12.1 Å². The summed E-state index contributed by atoms with van der Waals surface area (Å²) in [5.41, 5.74) is 3.61. The van der Waals surface area contributed by atoms with Gasteiger partial charge in [0.15, 0.2) is 0 Å². The Kier molecular flexibility index (Phi) is 5.76. The molecule has 0 saturated carbocycles. The van der Waals surface area contributed by atoms with Gasteiger partial charge in [-0.1, -0.05) is 26.0 Å². The van der Waals surface area contributed by atoms with Crippen LogP contribution in [0.1, 0.15) is 35.7 Å². The Labute approximate surface area is 131 Å². The van der Waals surface area contributed by atoms with E-state index in [0.29, 0.717) is 12.6 Å². The lowest BCUT2D eigenvalue weighted by Crippen LogP contribution is -2.21. The predicted octanol–water partition coefficient (Wildman–Crippen LogP) is 3.88. The highest BCUT2D eigenvalue weighted by Gasteiger charge is 2.05. The van der Waals surface area contributed by atoms with E-state index in [9.17, 15) is 0 Å². The van der Waals surface area contributed by atoms with Gasteiger partial charge in [0.05, 0.1) is 17.3 Å². The van der Waals surface area contributed by atoms with Gasteiger partial charge in [-0.2, -0.15) is 0 Å². The lowest BCUT2D eigenvalue weighted by molar-refractivity contribution is 0.319. The van der Waals surface area contributed by atoms with E-state index in [1.54, 1.807) is 11.3 Å². The van der Waals surface area contributed by atoms with Crippen LogP contribution in [0.15, 0.2) is 23.6 Å². The number of aryl methyl sites for hydroxylation is 1. The summed E-state index contributed by atoms with van der Waals surface area (Å²) in [6, 6.07) is 6.67. The van der Waals surface area contributed by atoms with Crippen LogP contribution in [0.3, 0.4) is 0 Å². The first-order valence-corrected chi connectivity index (χ1v) is 8.30. The monoisotopic (exact) mass is 304 g/mol. The zero-order valence-corrected chi connectivity index (χ0v) is 14.1. The SMILES string of the molecule is Cc1cccc(OCCc2nc(CNC(C)C)cs2)c1C. The van der Waals surface area contributed by atoms with Crippen LogP contribution in [0.2, 0.25) is 0 Å². The van der Waals surface area contributed by atoms with Crippen LogP contribution < -0.4 is 10.1 Å². The van der Waals surface area contributed by atoms with Crippen molar-refractivity contribution in [1.82, 2.24) is 10.3 Å². The number of hydrogen-bond acceptors (Lipinski definition) is 4. The van der Waals surface area contributed by atoms with Crippen LogP contribution in [0.25, 0.3) is 0 Å². The first-order chi connectivity index (χ1) is 10.1. The molecule has 2 rings (SSSR count). The fourth-order valence-corrected chi connectivity index (χ4v) is 2.76. The standard InChI is InChI=1S/C17H24N2OS/c1-12(2)18-10-15-11-21-17(19-15)8-9-20-16-7-5-6-13(3)14(16)4/h5-7,11-12,18H,8-10H2,1-4H3. The summed E-state index contributed by atoms with van der Waals surface area (Å²) in [5, 5.41) is 6.65. The van der Waals surface area contributed by atoms with Crippen LogP contribution in [0.5, 0.6) is 5.75 Å². The maximum absolute atomic E-state index is 5.88. The van der Waals surface area contributed by atoms with E-state index < -0.39 is 0 Å². The molecule has 1 N–H and O–H groups in total. The smallest absolute Gasteiger partial charge is 0.122 e. The van der Waals surface area contributed by atoms with Gasteiger partial charge < -0.3 is 10.1 Å². The summed E-state index contributed by atoms with van der Waals surface area (Å²) in [7, 11) is 0. The Morgan fingerprint density at radius 2 is 2.10 bits per heavy atom. The molecule has 0 aliphatic rings.